The zero-order chi connectivity index (χ0) is 8.97. The maximum absolute atomic E-state index is 10.8. The van der Waals surface area contributed by atoms with Gasteiger partial charge < -0.3 is 9.84 Å². The Morgan fingerprint density at radius 3 is 2.67 bits per heavy atom. The molecule has 2 N–H and O–H groups in total. The lowest BCUT2D eigenvalue weighted by Crippen LogP contribution is -2.42. The monoisotopic (exact) mass is 173 g/mol. The number of methoxy groups -OCH3 is 1. The maximum Gasteiger partial charge on any atom is 0.350 e. The number of nitrogens with one attached hydrogen (secondary N) is 1. The van der Waals surface area contributed by atoms with Crippen LogP contribution in [0.3, 0.4) is 0 Å². The minimum atomic E-state index is -1.15. The number of hydrogen-bond acceptors (Lipinski definition) is 4. The molecule has 0 unspecified atom stereocenters. The number of carbonyl (C=O) groups is 1. The second-order valence-electron chi connectivity index (χ2n) is 3.07. The van der Waals surface area contributed by atoms with E-state index in [-0.39, 0.29) is 6.04 Å². The summed E-state index contributed by atoms with van der Waals surface area (Å²) < 4.78 is 4.37. The molecule has 1 aliphatic carbocycles. The second kappa shape index (κ2) is 4.42. The van der Waals surface area contributed by atoms with Crippen LogP contribution in [0.5, 0.6) is 0 Å². The summed E-state index contributed by atoms with van der Waals surface area (Å²) in [7, 11) is 1.27. The highest BCUT2D eigenvalue weighted by atomic mass is 16.5. The second-order valence-corrected chi connectivity index (χ2v) is 3.07. The van der Waals surface area contributed by atoms with Gasteiger partial charge in [-0.15, -0.1) is 0 Å². The average molecular weight is 173 g/mol. The van der Waals surface area contributed by atoms with Crippen molar-refractivity contribution in [2.75, 3.05) is 7.11 Å². The summed E-state index contributed by atoms with van der Waals surface area (Å²) >= 11 is 0. The van der Waals surface area contributed by atoms with Crippen molar-refractivity contribution in [1.29, 1.82) is 0 Å². The number of aliphatic hydroxyl groups is 1. The molecule has 1 atom stereocenters. The molecule has 1 rings (SSSR count). The van der Waals surface area contributed by atoms with E-state index in [4.69, 9.17) is 0 Å². The van der Waals surface area contributed by atoms with Crippen LogP contribution in [0.1, 0.15) is 25.7 Å². The molecule has 0 aromatic rings. The molecule has 0 saturated heterocycles. The van der Waals surface area contributed by atoms with Crippen LogP contribution in [0.15, 0.2) is 0 Å². The molecule has 0 aromatic carbocycles. The Morgan fingerprint density at radius 2 is 2.17 bits per heavy atom. The third-order valence-corrected chi connectivity index (χ3v) is 2.17. The van der Waals surface area contributed by atoms with Crippen LogP contribution in [0.2, 0.25) is 0 Å². The van der Waals surface area contributed by atoms with E-state index in [0.29, 0.717) is 0 Å². The van der Waals surface area contributed by atoms with Gasteiger partial charge in [0.15, 0.2) is 0 Å². The standard InChI is InChI=1S/C8H15NO3/c1-12-8(11)7(10)9-6-4-2-3-5-6/h6-7,9-10H,2-5H2,1H3/t7-/m1/s1. The van der Waals surface area contributed by atoms with E-state index in [1.165, 1.54) is 20.0 Å². The Kier molecular flexibility index (Phi) is 3.49. The lowest BCUT2D eigenvalue weighted by atomic mass is 10.2. The first-order chi connectivity index (χ1) is 5.74. The van der Waals surface area contributed by atoms with Crippen molar-refractivity contribution in [1.82, 2.24) is 5.32 Å². The van der Waals surface area contributed by atoms with Gasteiger partial charge in [-0.25, -0.2) is 4.79 Å². The minimum Gasteiger partial charge on any atom is -0.466 e. The molecule has 1 fully saturated rings. The third-order valence-electron chi connectivity index (χ3n) is 2.17. The first-order valence-electron chi connectivity index (χ1n) is 4.26. The fraction of sp³-hybridized carbons (Fsp3) is 0.875. The summed E-state index contributed by atoms with van der Waals surface area (Å²) in [5.74, 6) is -0.609. The van der Waals surface area contributed by atoms with Crippen molar-refractivity contribution < 1.29 is 14.6 Å². The highest BCUT2D eigenvalue weighted by Gasteiger charge is 2.22. The molecule has 70 valence electrons. The highest BCUT2D eigenvalue weighted by Crippen LogP contribution is 2.17. The van der Waals surface area contributed by atoms with E-state index >= 15 is 0 Å². The summed E-state index contributed by atoms with van der Waals surface area (Å²) in [6, 6.07) is 0.277. The summed E-state index contributed by atoms with van der Waals surface area (Å²) in [6.07, 6.45) is 3.26. The fourth-order valence-electron chi connectivity index (χ4n) is 1.50. The predicted molar refractivity (Wildman–Crippen MR) is 43.4 cm³/mol. The fourth-order valence-corrected chi connectivity index (χ4v) is 1.50. The molecular formula is C8H15NO3. The summed E-state index contributed by atoms with van der Waals surface area (Å²) in [5.41, 5.74) is 0. The van der Waals surface area contributed by atoms with Gasteiger partial charge in [0, 0.05) is 6.04 Å². The van der Waals surface area contributed by atoms with E-state index in [1.54, 1.807) is 0 Å². The molecule has 0 bridgehead atoms. The van der Waals surface area contributed by atoms with Gasteiger partial charge in [0.05, 0.1) is 7.11 Å². The first-order valence-corrected chi connectivity index (χ1v) is 4.26. The van der Waals surface area contributed by atoms with Crippen LogP contribution in [-0.2, 0) is 9.53 Å². The largest absolute Gasteiger partial charge is 0.466 e. The molecule has 12 heavy (non-hydrogen) atoms. The Balaban J connectivity index is 2.24. The molecule has 0 aliphatic heterocycles. The van der Waals surface area contributed by atoms with Crippen molar-refractivity contribution in [2.24, 2.45) is 0 Å². The minimum absolute atomic E-state index is 0.277. The maximum atomic E-state index is 10.8. The molecule has 0 amide bonds. The van der Waals surface area contributed by atoms with Gasteiger partial charge >= 0.3 is 5.97 Å². The van der Waals surface area contributed by atoms with Crippen molar-refractivity contribution in [3.8, 4) is 0 Å². The summed E-state index contributed by atoms with van der Waals surface area (Å²) in [4.78, 5) is 10.8. The van der Waals surface area contributed by atoms with Crippen LogP contribution in [-0.4, -0.2) is 30.5 Å². The third kappa shape index (κ3) is 2.46. The smallest absolute Gasteiger partial charge is 0.350 e. The van der Waals surface area contributed by atoms with E-state index in [0.717, 1.165) is 12.8 Å². The van der Waals surface area contributed by atoms with Gasteiger partial charge in [-0.3, -0.25) is 5.32 Å². The highest BCUT2D eigenvalue weighted by molar-refractivity contribution is 5.73. The van der Waals surface area contributed by atoms with Gasteiger partial charge in [-0.05, 0) is 12.8 Å². The van der Waals surface area contributed by atoms with Gasteiger partial charge in [0.25, 0.3) is 0 Å². The molecule has 1 saturated carbocycles. The lowest BCUT2D eigenvalue weighted by molar-refractivity contribution is -0.152. The summed E-state index contributed by atoms with van der Waals surface area (Å²) in [5, 5.41) is 12.0. The van der Waals surface area contributed by atoms with E-state index < -0.39 is 12.2 Å². The zero-order valence-corrected chi connectivity index (χ0v) is 7.25. The van der Waals surface area contributed by atoms with Gasteiger partial charge in [-0.2, -0.15) is 0 Å². The van der Waals surface area contributed by atoms with E-state index in [2.05, 4.69) is 10.1 Å². The quantitative estimate of drug-likeness (QED) is 0.466. The number of carbonyl (C=O) groups excluding carboxylic acids is 1. The molecular weight excluding hydrogens is 158 g/mol. The van der Waals surface area contributed by atoms with Crippen LogP contribution >= 0.6 is 0 Å². The Bertz CT molecular complexity index is 154. The number of hydrogen-bond donors (Lipinski definition) is 2. The number of ether oxygens (including phenoxy) is 1. The first kappa shape index (κ1) is 9.48. The number of rotatable bonds is 3. The predicted octanol–water partition coefficient (Wildman–Crippen LogP) is 0.01000. The molecule has 4 nitrogen and oxygen atoms in total. The number of aliphatic hydroxyl groups excluding tert-OH is 1. The van der Waals surface area contributed by atoms with Gasteiger partial charge in [0.2, 0.25) is 6.23 Å². The van der Waals surface area contributed by atoms with Crippen LogP contribution in [0, 0.1) is 0 Å². The van der Waals surface area contributed by atoms with Crippen LogP contribution in [0.4, 0.5) is 0 Å². The van der Waals surface area contributed by atoms with E-state index in [9.17, 15) is 9.90 Å². The molecule has 1 aliphatic rings. The summed E-state index contributed by atoms with van der Waals surface area (Å²) in [6.45, 7) is 0. The molecule has 0 aromatic heterocycles. The van der Waals surface area contributed by atoms with E-state index in [1.807, 2.05) is 0 Å². The van der Waals surface area contributed by atoms with Crippen molar-refractivity contribution in [2.45, 2.75) is 38.0 Å². The zero-order valence-electron chi connectivity index (χ0n) is 7.25. The lowest BCUT2D eigenvalue weighted by Gasteiger charge is -2.15. The van der Waals surface area contributed by atoms with Crippen molar-refractivity contribution in [3.63, 3.8) is 0 Å². The Labute approximate surface area is 71.9 Å². The van der Waals surface area contributed by atoms with Gasteiger partial charge in [-0.1, -0.05) is 12.8 Å². The topological polar surface area (TPSA) is 58.6 Å². The van der Waals surface area contributed by atoms with Crippen molar-refractivity contribution in [3.05, 3.63) is 0 Å². The van der Waals surface area contributed by atoms with Crippen LogP contribution in [0.25, 0.3) is 0 Å². The average Bonchev–Trinajstić information content (AvgIpc) is 2.55. The molecule has 0 radical (unpaired) electrons. The molecule has 4 heteroatoms. The Hall–Kier alpha value is -0.610. The molecule has 0 spiro atoms. The Morgan fingerprint density at radius 1 is 1.58 bits per heavy atom. The van der Waals surface area contributed by atoms with Crippen molar-refractivity contribution >= 4 is 5.97 Å². The molecule has 0 heterocycles. The number of esters is 1. The van der Waals surface area contributed by atoms with Crippen LogP contribution < -0.4 is 5.32 Å². The SMILES string of the molecule is COC(=O)[C@@H](O)NC1CCCC1. The van der Waals surface area contributed by atoms with Gasteiger partial charge in [0.1, 0.15) is 0 Å². The normalized spacial score (nSPS) is 20.8.